The lowest BCUT2D eigenvalue weighted by molar-refractivity contribution is -0.131. The minimum absolute atomic E-state index is 0.00598. The van der Waals surface area contributed by atoms with Gasteiger partial charge >= 0.3 is 0 Å². The van der Waals surface area contributed by atoms with Crippen LogP contribution in [0.3, 0.4) is 0 Å². The van der Waals surface area contributed by atoms with Crippen LogP contribution >= 0.6 is 0 Å². The van der Waals surface area contributed by atoms with Gasteiger partial charge in [-0.15, -0.1) is 0 Å². The Kier molecular flexibility index (Phi) is 7.12. The fourth-order valence-electron chi connectivity index (χ4n) is 3.16. The second-order valence-electron chi connectivity index (χ2n) is 6.28. The summed E-state index contributed by atoms with van der Waals surface area (Å²) in [4.78, 5) is 28.2. The molecule has 1 heterocycles. The molecule has 0 spiro atoms. The highest BCUT2D eigenvalue weighted by Gasteiger charge is 2.24. The lowest BCUT2D eigenvalue weighted by atomic mass is 10.2. The molecule has 0 aliphatic carbocycles. The van der Waals surface area contributed by atoms with Crippen LogP contribution in [-0.2, 0) is 9.59 Å². The molecule has 1 fully saturated rings. The topological polar surface area (TPSA) is 68.3 Å². The van der Waals surface area contributed by atoms with E-state index in [0.717, 1.165) is 38.8 Å². The van der Waals surface area contributed by atoms with E-state index in [1.807, 2.05) is 4.90 Å². The van der Waals surface area contributed by atoms with Crippen molar-refractivity contribution >= 4 is 17.5 Å². The smallest absolute Gasteiger partial charge is 0.242 e. The standard InChI is InChI=1S/C19H28N2O5/c1-14(22)21(13-18(23)20-9-7-5-6-8-10-20)15-11-16(24-2)19(26-4)17(12-15)25-3/h11-12H,5-10,13H2,1-4H3. The van der Waals surface area contributed by atoms with Crippen LogP contribution in [-0.4, -0.2) is 57.7 Å². The molecular weight excluding hydrogens is 336 g/mol. The summed E-state index contributed by atoms with van der Waals surface area (Å²) in [5.74, 6) is 1.06. The number of rotatable bonds is 6. The molecule has 0 bridgehead atoms. The van der Waals surface area contributed by atoms with Crippen molar-refractivity contribution in [3.8, 4) is 17.2 Å². The highest BCUT2D eigenvalue weighted by Crippen LogP contribution is 2.41. The number of benzene rings is 1. The number of hydrogen-bond donors (Lipinski definition) is 0. The number of amides is 2. The number of nitrogens with zero attached hydrogens (tertiary/aromatic N) is 2. The van der Waals surface area contributed by atoms with Gasteiger partial charge in [0.2, 0.25) is 17.6 Å². The van der Waals surface area contributed by atoms with Gasteiger partial charge in [0.05, 0.1) is 27.0 Å². The number of likely N-dealkylation sites (tertiary alicyclic amines) is 1. The lowest BCUT2D eigenvalue weighted by Gasteiger charge is -2.27. The van der Waals surface area contributed by atoms with E-state index in [9.17, 15) is 9.59 Å². The second-order valence-corrected chi connectivity index (χ2v) is 6.28. The van der Waals surface area contributed by atoms with Crippen LogP contribution in [0.5, 0.6) is 17.2 Å². The molecule has 1 saturated heterocycles. The van der Waals surface area contributed by atoms with Gasteiger partial charge < -0.3 is 24.0 Å². The Bertz CT molecular complexity index is 614. The molecule has 0 aromatic heterocycles. The van der Waals surface area contributed by atoms with Crippen molar-refractivity contribution in [2.75, 3.05) is 45.9 Å². The van der Waals surface area contributed by atoms with Gasteiger partial charge in [-0.2, -0.15) is 0 Å². The summed E-state index contributed by atoms with van der Waals surface area (Å²) < 4.78 is 16.0. The number of carbonyl (C=O) groups excluding carboxylic acids is 2. The summed E-state index contributed by atoms with van der Waals surface area (Å²) in [5.41, 5.74) is 0.537. The van der Waals surface area contributed by atoms with Crippen LogP contribution in [0, 0.1) is 0 Å². The molecule has 0 radical (unpaired) electrons. The van der Waals surface area contributed by atoms with Crippen molar-refractivity contribution in [3.63, 3.8) is 0 Å². The van der Waals surface area contributed by atoms with Gasteiger partial charge in [0.25, 0.3) is 0 Å². The predicted molar refractivity (Wildman–Crippen MR) is 99.2 cm³/mol. The molecule has 2 amide bonds. The normalized spacial score (nSPS) is 14.4. The summed E-state index contributed by atoms with van der Waals surface area (Å²) in [6.07, 6.45) is 4.31. The third kappa shape index (κ3) is 4.59. The van der Waals surface area contributed by atoms with Gasteiger partial charge in [-0.25, -0.2) is 0 Å². The molecule has 1 aromatic carbocycles. The summed E-state index contributed by atoms with van der Waals surface area (Å²) in [7, 11) is 4.55. The Hall–Kier alpha value is -2.44. The van der Waals surface area contributed by atoms with Crippen molar-refractivity contribution in [3.05, 3.63) is 12.1 Å². The van der Waals surface area contributed by atoms with E-state index in [2.05, 4.69) is 0 Å². The van der Waals surface area contributed by atoms with E-state index in [4.69, 9.17) is 14.2 Å². The van der Waals surface area contributed by atoms with Crippen molar-refractivity contribution in [1.29, 1.82) is 0 Å². The zero-order valence-electron chi connectivity index (χ0n) is 16.0. The molecule has 7 heteroatoms. The van der Waals surface area contributed by atoms with Crippen molar-refractivity contribution in [2.45, 2.75) is 32.6 Å². The Morgan fingerprint density at radius 1 is 0.962 bits per heavy atom. The number of carbonyl (C=O) groups is 2. The molecule has 144 valence electrons. The van der Waals surface area contributed by atoms with Gasteiger partial charge in [0.1, 0.15) is 6.54 Å². The molecule has 7 nitrogen and oxygen atoms in total. The van der Waals surface area contributed by atoms with Crippen molar-refractivity contribution in [1.82, 2.24) is 4.90 Å². The van der Waals surface area contributed by atoms with Crippen LogP contribution in [0.1, 0.15) is 32.6 Å². The third-order valence-corrected chi connectivity index (χ3v) is 4.59. The van der Waals surface area contributed by atoms with Crippen LogP contribution in [0.15, 0.2) is 12.1 Å². The average molecular weight is 364 g/mol. The van der Waals surface area contributed by atoms with Crippen LogP contribution in [0.25, 0.3) is 0 Å². The molecule has 1 aliphatic rings. The van der Waals surface area contributed by atoms with Gasteiger partial charge in [-0.05, 0) is 12.8 Å². The molecule has 2 rings (SSSR count). The molecule has 1 aliphatic heterocycles. The number of hydrogen-bond acceptors (Lipinski definition) is 5. The van der Waals surface area contributed by atoms with Crippen molar-refractivity contribution < 1.29 is 23.8 Å². The molecule has 0 unspecified atom stereocenters. The van der Waals surface area contributed by atoms with E-state index in [1.54, 1.807) is 12.1 Å². The zero-order valence-corrected chi connectivity index (χ0v) is 16.0. The monoisotopic (exact) mass is 364 g/mol. The van der Waals surface area contributed by atoms with Gasteiger partial charge in [0.15, 0.2) is 11.5 Å². The number of anilines is 1. The third-order valence-electron chi connectivity index (χ3n) is 4.59. The SMILES string of the molecule is COc1cc(N(CC(=O)N2CCCCCC2)C(C)=O)cc(OC)c1OC. The summed E-state index contributed by atoms with van der Waals surface area (Å²) in [6.45, 7) is 2.94. The maximum Gasteiger partial charge on any atom is 0.242 e. The molecule has 0 atom stereocenters. The van der Waals surface area contributed by atoms with E-state index >= 15 is 0 Å². The zero-order chi connectivity index (χ0) is 19.1. The van der Waals surface area contributed by atoms with E-state index in [-0.39, 0.29) is 18.4 Å². The Balaban J connectivity index is 2.28. The summed E-state index contributed by atoms with van der Waals surface area (Å²) >= 11 is 0. The van der Waals surface area contributed by atoms with Crippen LogP contribution < -0.4 is 19.1 Å². The average Bonchev–Trinajstić information content (AvgIpc) is 2.93. The van der Waals surface area contributed by atoms with E-state index in [1.165, 1.54) is 33.2 Å². The quantitative estimate of drug-likeness (QED) is 0.776. The van der Waals surface area contributed by atoms with E-state index in [0.29, 0.717) is 22.9 Å². The van der Waals surface area contributed by atoms with Gasteiger partial charge in [0, 0.05) is 32.1 Å². The maximum absolute atomic E-state index is 12.7. The fraction of sp³-hybridized carbons (Fsp3) is 0.579. The first-order valence-electron chi connectivity index (χ1n) is 8.87. The first-order valence-corrected chi connectivity index (χ1v) is 8.87. The summed E-state index contributed by atoms with van der Waals surface area (Å²) in [5, 5.41) is 0. The Labute approximate surface area is 154 Å². The number of methoxy groups -OCH3 is 3. The minimum atomic E-state index is -0.220. The van der Waals surface area contributed by atoms with Crippen molar-refractivity contribution in [2.24, 2.45) is 0 Å². The van der Waals surface area contributed by atoms with E-state index < -0.39 is 0 Å². The second kappa shape index (κ2) is 9.31. The molecular formula is C19H28N2O5. The predicted octanol–water partition coefficient (Wildman–Crippen LogP) is 2.47. The lowest BCUT2D eigenvalue weighted by Crippen LogP contribution is -2.42. The highest BCUT2D eigenvalue weighted by molar-refractivity contribution is 5.98. The molecule has 0 saturated carbocycles. The molecule has 1 aromatic rings. The first kappa shape index (κ1) is 19.9. The largest absolute Gasteiger partial charge is 0.493 e. The van der Waals surface area contributed by atoms with Gasteiger partial charge in [-0.1, -0.05) is 12.8 Å². The highest BCUT2D eigenvalue weighted by atomic mass is 16.5. The molecule has 0 N–H and O–H groups in total. The number of ether oxygens (including phenoxy) is 3. The fourth-order valence-corrected chi connectivity index (χ4v) is 3.16. The Morgan fingerprint density at radius 2 is 1.50 bits per heavy atom. The Morgan fingerprint density at radius 3 is 1.92 bits per heavy atom. The van der Waals surface area contributed by atoms with Crippen LogP contribution in [0.4, 0.5) is 5.69 Å². The first-order chi connectivity index (χ1) is 12.5. The van der Waals surface area contributed by atoms with Gasteiger partial charge in [-0.3, -0.25) is 9.59 Å². The minimum Gasteiger partial charge on any atom is -0.493 e. The molecule has 26 heavy (non-hydrogen) atoms. The van der Waals surface area contributed by atoms with Crippen LogP contribution in [0.2, 0.25) is 0 Å². The summed E-state index contributed by atoms with van der Waals surface area (Å²) in [6, 6.07) is 3.36. The maximum atomic E-state index is 12.7.